The minimum absolute atomic E-state index is 0.00910. The molecule has 29 heavy (non-hydrogen) atoms. The minimum Gasteiger partial charge on any atom is -0.362 e. The number of nitrogens with zero attached hydrogens (tertiary/aromatic N) is 2. The Morgan fingerprint density at radius 1 is 1.10 bits per heavy atom. The molecule has 7 nitrogen and oxygen atoms in total. The monoisotopic (exact) mass is 399 g/mol. The molecular weight excluding hydrogens is 370 g/mol. The number of ether oxygens (including phenoxy) is 1. The van der Waals surface area contributed by atoms with Crippen molar-refractivity contribution < 1.29 is 19.1 Å². The molecule has 2 aliphatic heterocycles. The van der Waals surface area contributed by atoms with Crippen LogP contribution in [0.3, 0.4) is 0 Å². The lowest BCUT2D eigenvalue weighted by molar-refractivity contribution is -0.152. The van der Waals surface area contributed by atoms with Gasteiger partial charge in [0.25, 0.3) is 5.91 Å². The number of hydrogen-bond acceptors (Lipinski definition) is 5. The highest BCUT2D eigenvalue weighted by molar-refractivity contribution is 5.98. The first kappa shape index (κ1) is 20.0. The standard InChI is InChI=1S/C22H29N3O4/c26-20(24-11-9-16-4-1-2-5-18(16)13-24)14-29-15-21(27)25(19-7-8-19)22(28)17-6-3-10-23-12-17/h1-2,4-5,17,19,23H,3,6-15H2. The number of fused-ring (bicyclic) bond motifs is 1. The average molecular weight is 399 g/mol. The molecule has 0 bridgehead atoms. The van der Waals surface area contributed by atoms with Crippen LogP contribution in [0, 0.1) is 5.92 Å². The molecule has 1 saturated heterocycles. The Bertz CT molecular complexity index is 771. The molecule has 0 aromatic heterocycles. The summed E-state index contributed by atoms with van der Waals surface area (Å²) in [6, 6.07) is 8.14. The van der Waals surface area contributed by atoms with E-state index in [0.29, 0.717) is 19.6 Å². The van der Waals surface area contributed by atoms with Gasteiger partial charge in [0.2, 0.25) is 11.8 Å². The second-order valence-corrected chi connectivity index (χ2v) is 8.20. The van der Waals surface area contributed by atoms with E-state index < -0.39 is 0 Å². The zero-order valence-electron chi connectivity index (χ0n) is 16.8. The van der Waals surface area contributed by atoms with Gasteiger partial charge in [0.15, 0.2) is 0 Å². The van der Waals surface area contributed by atoms with E-state index in [1.807, 2.05) is 18.2 Å². The van der Waals surface area contributed by atoms with Gasteiger partial charge < -0.3 is 15.0 Å². The maximum absolute atomic E-state index is 12.8. The number of carbonyl (C=O) groups excluding carboxylic acids is 3. The molecule has 156 valence electrons. The molecule has 2 fully saturated rings. The predicted molar refractivity (Wildman–Crippen MR) is 107 cm³/mol. The second-order valence-electron chi connectivity index (χ2n) is 8.20. The third-order valence-electron chi connectivity index (χ3n) is 6.00. The molecule has 1 saturated carbocycles. The summed E-state index contributed by atoms with van der Waals surface area (Å²) in [6.07, 6.45) is 4.33. The number of hydrogen-bond donors (Lipinski definition) is 1. The van der Waals surface area contributed by atoms with E-state index in [1.165, 1.54) is 10.5 Å². The SMILES string of the molecule is O=C(COCC(=O)N(C(=O)C1CCCNC1)C1CC1)N1CCc2ccccc2C1. The van der Waals surface area contributed by atoms with Gasteiger partial charge in [-0.2, -0.15) is 0 Å². The molecule has 1 N–H and O–H groups in total. The van der Waals surface area contributed by atoms with E-state index in [9.17, 15) is 14.4 Å². The Hall–Kier alpha value is -2.25. The van der Waals surface area contributed by atoms with Gasteiger partial charge in [0.05, 0.1) is 5.92 Å². The van der Waals surface area contributed by atoms with Crippen molar-refractivity contribution in [2.45, 2.75) is 44.7 Å². The third kappa shape index (κ3) is 4.85. The Balaban J connectivity index is 1.26. The first-order chi connectivity index (χ1) is 14.1. The largest absolute Gasteiger partial charge is 0.362 e. The van der Waals surface area contributed by atoms with Gasteiger partial charge >= 0.3 is 0 Å². The van der Waals surface area contributed by atoms with E-state index in [4.69, 9.17) is 4.74 Å². The van der Waals surface area contributed by atoms with Crippen LogP contribution in [0.5, 0.6) is 0 Å². The van der Waals surface area contributed by atoms with Crippen LogP contribution in [0.15, 0.2) is 24.3 Å². The maximum atomic E-state index is 12.8. The molecule has 4 rings (SSSR count). The van der Waals surface area contributed by atoms with Crippen LogP contribution in [0.25, 0.3) is 0 Å². The highest BCUT2D eigenvalue weighted by Gasteiger charge is 2.40. The van der Waals surface area contributed by atoms with Crippen molar-refractivity contribution in [3.8, 4) is 0 Å². The Morgan fingerprint density at radius 2 is 1.90 bits per heavy atom. The normalized spacial score (nSPS) is 21.4. The average Bonchev–Trinajstić information content (AvgIpc) is 3.59. The summed E-state index contributed by atoms with van der Waals surface area (Å²) in [4.78, 5) is 41.1. The molecule has 0 spiro atoms. The van der Waals surface area contributed by atoms with Crippen molar-refractivity contribution in [2.75, 3.05) is 32.8 Å². The molecule has 1 aromatic rings. The molecule has 3 aliphatic rings. The van der Waals surface area contributed by atoms with Crippen LogP contribution in [0.1, 0.15) is 36.8 Å². The van der Waals surface area contributed by atoms with Crippen molar-refractivity contribution in [3.63, 3.8) is 0 Å². The zero-order valence-corrected chi connectivity index (χ0v) is 16.8. The molecule has 1 atom stereocenters. The lowest BCUT2D eigenvalue weighted by Crippen LogP contribution is -2.48. The number of amides is 3. The maximum Gasteiger partial charge on any atom is 0.255 e. The van der Waals surface area contributed by atoms with Gasteiger partial charge in [0, 0.05) is 25.7 Å². The van der Waals surface area contributed by atoms with Crippen LogP contribution in [0.2, 0.25) is 0 Å². The van der Waals surface area contributed by atoms with Crippen LogP contribution >= 0.6 is 0 Å². The fourth-order valence-electron chi connectivity index (χ4n) is 4.19. The topological polar surface area (TPSA) is 79.0 Å². The summed E-state index contributed by atoms with van der Waals surface area (Å²) in [5.74, 6) is -0.663. The summed E-state index contributed by atoms with van der Waals surface area (Å²) in [6.45, 7) is 2.44. The second kappa shape index (κ2) is 9.05. The molecular formula is C22H29N3O4. The van der Waals surface area contributed by atoms with Crippen molar-refractivity contribution in [3.05, 3.63) is 35.4 Å². The van der Waals surface area contributed by atoms with Gasteiger partial charge in [-0.1, -0.05) is 24.3 Å². The Morgan fingerprint density at radius 3 is 2.62 bits per heavy atom. The van der Waals surface area contributed by atoms with E-state index >= 15 is 0 Å². The fraction of sp³-hybridized carbons (Fsp3) is 0.591. The Kier molecular flexibility index (Phi) is 6.25. The molecule has 1 aromatic carbocycles. The number of nitrogens with one attached hydrogen (secondary N) is 1. The highest BCUT2D eigenvalue weighted by atomic mass is 16.5. The smallest absolute Gasteiger partial charge is 0.255 e. The lowest BCUT2D eigenvalue weighted by atomic mass is 9.98. The third-order valence-corrected chi connectivity index (χ3v) is 6.00. The minimum atomic E-state index is -0.320. The molecule has 0 radical (unpaired) electrons. The molecule has 2 heterocycles. The van der Waals surface area contributed by atoms with Crippen molar-refractivity contribution in [2.24, 2.45) is 5.92 Å². The first-order valence-electron chi connectivity index (χ1n) is 10.6. The molecule has 1 unspecified atom stereocenters. The van der Waals surface area contributed by atoms with Gasteiger partial charge in [-0.05, 0) is 49.8 Å². The van der Waals surface area contributed by atoms with Crippen LogP contribution in [-0.2, 0) is 32.1 Å². The van der Waals surface area contributed by atoms with E-state index in [2.05, 4.69) is 11.4 Å². The summed E-state index contributed by atoms with van der Waals surface area (Å²) >= 11 is 0. The summed E-state index contributed by atoms with van der Waals surface area (Å²) in [5.41, 5.74) is 2.44. The number of rotatable bonds is 6. The predicted octanol–water partition coefficient (Wildman–Crippen LogP) is 1.11. The van der Waals surface area contributed by atoms with Crippen molar-refractivity contribution >= 4 is 17.7 Å². The van der Waals surface area contributed by atoms with Crippen LogP contribution < -0.4 is 5.32 Å². The van der Waals surface area contributed by atoms with Gasteiger partial charge in [-0.3, -0.25) is 19.3 Å². The molecule has 3 amide bonds. The number of imide groups is 1. The van der Waals surface area contributed by atoms with E-state index in [1.54, 1.807) is 4.90 Å². The summed E-state index contributed by atoms with van der Waals surface area (Å²) < 4.78 is 5.44. The van der Waals surface area contributed by atoms with E-state index in [-0.39, 0.29) is 42.9 Å². The lowest BCUT2D eigenvalue weighted by Gasteiger charge is -2.29. The number of piperidine rings is 1. The quantitative estimate of drug-likeness (QED) is 0.775. The molecule has 1 aliphatic carbocycles. The summed E-state index contributed by atoms with van der Waals surface area (Å²) in [5, 5.41) is 3.23. The summed E-state index contributed by atoms with van der Waals surface area (Å²) in [7, 11) is 0. The molecule has 7 heteroatoms. The van der Waals surface area contributed by atoms with E-state index in [0.717, 1.165) is 44.2 Å². The van der Waals surface area contributed by atoms with Crippen molar-refractivity contribution in [1.82, 2.24) is 15.1 Å². The van der Waals surface area contributed by atoms with Gasteiger partial charge in [0.1, 0.15) is 13.2 Å². The van der Waals surface area contributed by atoms with Crippen LogP contribution in [0.4, 0.5) is 0 Å². The van der Waals surface area contributed by atoms with Crippen LogP contribution in [-0.4, -0.2) is 66.4 Å². The first-order valence-corrected chi connectivity index (χ1v) is 10.6. The fourth-order valence-corrected chi connectivity index (χ4v) is 4.19. The number of carbonyl (C=O) groups is 3. The Labute approximate surface area is 171 Å². The highest BCUT2D eigenvalue weighted by Crippen LogP contribution is 2.29. The van der Waals surface area contributed by atoms with Gasteiger partial charge in [-0.15, -0.1) is 0 Å². The zero-order chi connectivity index (χ0) is 20.2. The van der Waals surface area contributed by atoms with Crippen molar-refractivity contribution in [1.29, 1.82) is 0 Å². The van der Waals surface area contributed by atoms with Gasteiger partial charge in [-0.25, -0.2) is 0 Å². The number of benzene rings is 1.